The quantitative estimate of drug-likeness (QED) is 0.682. The Morgan fingerprint density at radius 1 is 1.19 bits per heavy atom. The molecule has 0 atom stereocenters. The average Bonchev–Trinajstić information content (AvgIpc) is 2.70. The van der Waals surface area contributed by atoms with Crippen LogP contribution in [0.5, 0.6) is 0 Å². The molecule has 4 nitrogen and oxygen atoms in total. The SMILES string of the molecule is CN(C)CCN(C1CCCC1)S(=O)(=O)CCl. The van der Waals surface area contributed by atoms with E-state index in [-0.39, 0.29) is 11.3 Å². The fourth-order valence-electron chi connectivity index (χ4n) is 2.10. The van der Waals surface area contributed by atoms with E-state index in [2.05, 4.69) is 0 Å². The lowest BCUT2D eigenvalue weighted by molar-refractivity contribution is 0.283. The van der Waals surface area contributed by atoms with E-state index in [1.165, 1.54) is 0 Å². The molecule has 0 aromatic rings. The number of alkyl halides is 1. The highest BCUT2D eigenvalue weighted by molar-refractivity contribution is 7.90. The van der Waals surface area contributed by atoms with E-state index < -0.39 is 10.0 Å². The number of nitrogens with zero attached hydrogens (tertiary/aromatic N) is 2. The summed E-state index contributed by atoms with van der Waals surface area (Å²) >= 11 is 5.54. The Morgan fingerprint density at radius 3 is 2.19 bits per heavy atom. The maximum absolute atomic E-state index is 11.9. The molecule has 96 valence electrons. The molecule has 0 spiro atoms. The molecule has 0 saturated heterocycles. The summed E-state index contributed by atoms with van der Waals surface area (Å²) < 4.78 is 25.4. The van der Waals surface area contributed by atoms with Crippen LogP contribution in [0.3, 0.4) is 0 Å². The molecular formula is C10H21ClN2O2S. The topological polar surface area (TPSA) is 40.6 Å². The number of rotatable bonds is 6. The van der Waals surface area contributed by atoms with E-state index in [9.17, 15) is 8.42 Å². The molecule has 0 amide bonds. The van der Waals surface area contributed by atoms with E-state index >= 15 is 0 Å². The third-order valence-electron chi connectivity index (χ3n) is 2.99. The minimum Gasteiger partial charge on any atom is -0.308 e. The Bertz CT molecular complexity index is 300. The van der Waals surface area contributed by atoms with Gasteiger partial charge in [0, 0.05) is 19.1 Å². The predicted molar refractivity (Wildman–Crippen MR) is 67.2 cm³/mol. The van der Waals surface area contributed by atoms with Crippen LogP contribution < -0.4 is 0 Å². The van der Waals surface area contributed by atoms with Gasteiger partial charge in [-0.1, -0.05) is 12.8 Å². The molecule has 0 aromatic heterocycles. The van der Waals surface area contributed by atoms with Crippen molar-refractivity contribution in [2.75, 3.05) is 32.4 Å². The van der Waals surface area contributed by atoms with Gasteiger partial charge in [0.15, 0.2) is 0 Å². The monoisotopic (exact) mass is 268 g/mol. The van der Waals surface area contributed by atoms with E-state index in [0.717, 1.165) is 32.2 Å². The van der Waals surface area contributed by atoms with E-state index in [4.69, 9.17) is 11.6 Å². The minimum absolute atomic E-state index is 0.170. The van der Waals surface area contributed by atoms with Crippen LogP contribution >= 0.6 is 11.6 Å². The van der Waals surface area contributed by atoms with Gasteiger partial charge < -0.3 is 4.90 Å². The number of hydrogen-bond acceptors (Lipinski definition) is 3. The first-order chi connectivity index (χ1) is 7.47. The summed E-state index contributed by atoms with van der Waals surface area (Å²) in [7, 11) is 0.622. The molecule has 0 unspecified atom stereocenters. The highest BCUT2D eigenvalue weighted by Gasteiger charge is 2.30. The summed E-state index contributed by atoms with van der Waals surface area (Å²) in [5.41, 5.74) is 0. The Hall–Kier alpha value is 0.160. The summed E-state index contributed by atoms with van der Waals surface area (Å²) in [6, 6.07) is 0.170. The second kappa shape index (κ2) is 6.19. The largest absolute Gasteiger partial charge is 0.308 e. The van der Waals surface area contributed by atoms with Crippen molar-refractivity contribution in [2.24, 2.45) is 0 Å². The van der Waals surface area contributed by atoms with Gasteiger partial charge in [0.2, 0.25) is 10.0 Å². The van der Waals surface area contributed by atoms with Crippen LogP contribution in [-0.2, 0) is 10.0 Å². The Kier molecular flexibility index (Phi) is 5.50. The molecular weight excluding hydrogens is 248 g/mol. The first-order valence-corrected chi connectivity index (χ1v) is 7.82. The predicted octanol–water partition coefficient (Wildman–Crippen LogP) is 1.32. The summed E-state index contributed by atoms with van der Waals surface area (Å²) in [6.07, 6.45) is 4.20. The number of halogens is 1. The summed E-state index contributed by atoms with van der Waals surface area (Å²) in [6.45, 7) is 1.29. The average molecular weight is 269 g/mol. The lowest BCUT2D eigenvalue weighted by Crippen LogP contribution is -2.43. The van der Waals surface area contributed by atoms with Crippen LogP contribution in [0.2, 0.25) is 0 Å². The molecule has 0 N–H and O–H groups in total. The number of likely N-dealkylation sites (N-methyl/N-ethyl adjacent to an activating group) is 1. The minimum atomic E-state index is -3.27. The van der Waals surface area contributed by atoms with Crippen LogP contribution in [-0.4, -0.2) is 56.1 Å². The van der Waals surface area contributed by atoms with Gasteiger partial charge in [0.25, 0.3) is 0 Å². The molecule has 0 heterocycles. The van der Waals surface area contributed by atoms with E-state index in [0.29, 0.717) is 6.54 Å². The summed E-state index contributed by atoms with van der Waals surface area (Å²) in [5, 5.41) is -0.309. The van der Waals surface area contributed by atoms with Crippen molar-refractivity contribution in [1.82, 2.24) is 9.21 Å². The summed E-state index contributed by atoms with van der Waals surface area (Å²) in [5.74, 6) is 0. The number of sulfonamides is 1. The molecule has 1 rings (SSSR count). The van der Waals surface area contributed by atoms with Gasteiger partial charge in [-0.25, -0.2) is 8.42 Å². The van der Waals surface area contributed by atoms with Crippen LogP contribution in [0.1, 0.15) is 25.7 Å². The molecule has 1 aliphatic carbocycles. The van der Waals surface area contributed by atoms with Crippen LogP contribution in [0.4, 0.5) is 0 Å². The molecule has 1 aliphatic rings. The van der Waals surface area contributed by atoms with Gasteiger partial charge >= 0.3 is 0 Å². The van der Waals surface area contributed by atoms with Gasteiger partial charge in [-0.3, -0.25) is 0 Å². The van der Waals surface area contributed by atoms with Crippen molar-refractivity contribution < 1.29 is 8.42 Å². The van der Waals surface area contributed by atoms with Gasteiger partial charge in [0.05, 0.1) is 0 Å². The van der Waals surface area contributed by atoms with Crippen LogP contribution in [0.15, 0.2) is 0 Å². The van der Waals surface area contributed by atoms with E-state index in [1.807, 2.05) is 19.0 Å². The fraction of sp³-hybridized carbons (Fsp3) is 1.00. The first-order valence-electron chi connectivity index (χ1n) is 5.67. The van der Waals surface area contributed by atoms with Gasteiger partial charge in [-0.05, 0) is 26.9 Å². The van der Waals surface area contributed by atoms with Gasteiger partial charge in [0.1, 0.15) is 5.21 Å². The van der Waals surface area contributed by atoms with Crippen molar-refractivity contribution in [3.05, 3.63) is 0 Å². The highest BCUT2D eigenvalue weighted by Crippen LogP contribution is 2.25. The van der Waals surface area contributed by atoms with Crippen molar-refractivity contribution in [2.45, 2.75) is 31.7 Å². The Balaban J connectivity index is 2.68. The molecule has 16 heavy (non-hydrogen) atoms. The van der Waals surface area contributed by atoms with Crippen molar-refractivity contribution in [3.63, 3.8) is 0 Å². The fourth-order valence-corrected chi connectivity index (χ4v) is 3.63. The molecule has 0 aliphatic heterocycles. The number of hydrogen-bond donors (Lipinski definition) is 0. The standard InChI is InChI=1S/C10H21ClN2O2S/c1-12(2)7-8-13(16(14,15)9-11)10-5-3-4-6-10/h10H,3-9H2,1-2H3. The Labute approximate surface area is 104 Å². The summed E-state index contributed by atoms with van der Waals surface area (Å²) in [4.78, 5) is 1.99. The van der Waals surface area contributed by atoms with Crippen LogP contribution in [0.25, 0.3) is 0 Å². The van der Waals surface area contributed by atoms with Crippen molar-refractivity contribution in [1.29, 1.82) is 0 Å². The molecule has 6 heteroatoms. The Morgan fingerprint density at radius 2 is 1.75 bits per heavy atom. The van der Waals surface area contributed by atoms with E-state index in [1.54, 1.807) is 4.31 Å². The molecule has 1 saturated carbocycles. The lowest BCUT2D eigenvalue weighted by Gasteiger charge is -2.28. The first kappa shape index (κ1) is 14.2. The third-order valence-corrected chi connectivity index (χ3v) is 5.29. The highest BCUT2D eigenvalue weighted by atomic mass is 35.5. The lowest BCUT2D eigenvalue weighted by atomic mass is 10.2. The maximum Gasteiger partial charge on any atom is 0.228 e. The maximum atomic E-state index is 11.9. The zero-order valence-corrected chi connectivity index (χ0v) is 11.6. The molecule has 0 bridgehead atoms. The molecule has 1 fully saturated rings. The zero-order valence-electron chi connectivity index (χ0n) is 10.0. The zero-order chi connectivity index (χ0) is 12.2. The smallest absolute Gasteiger partial charge is 0.228 e. The van der Waals surface area contributed by atoms with Crippen molar-refractivity contribution in [3.8, 4) is 0 Å². The molecule has 0 radical (unpaired) electrons. The van der Waals surface area contributed by atoms with Crippen molar-refractivity contribution >= 4 is 21.6 Å². The van der Waals surface area contributed by atoms with Gasteiger partial charge in [-0.2, -0.15) is 4.31 Å². The second-order valence-electron chi connectivity index (χ2n) is 4.57. The van der Waals surface area contributed by atoms with Crippen LogP contribution in [0, 0.1) is 0 Å². The van der Waals surface area contributed by atoms with Gasteiger partial charge in [-0.15, -0.1) is 11.6 Å². The molecule has 0 aromatic carbocycles. The third kappa shape index (κ3) is 3.87. The second-order valence-corrected chi connectivity index (χ2v) is 7.08. The normalized spacial score (nSPS) is 18.8.